The van der Waals surface area contributed by atoms with Gasteiger partial charge in [0.25, 0.3) is 0 Å². The Morgan fingerprint density at radius 3 is 2.90 bits per heavy atom. The van der Waals surface area contributed by atoms with E-state index in [4.69, 9.17) is 16.3 Å². The molecule has 0 saturated heterocycles. The summed E-state index contributed by atoms with van der Waals surface area (Å²) in [5.41, 5.74) is 0. The van der Waals surface area contributed by atoms with Crippen LogP contribution in [0.2, 0.25) is 5.02 Å². The molecule has 21 heavy (non-hydrogen) atoms. The Labute approximate surface area is 132 Å². The van der Waals surface area contributed by atoms with Gasteiger partial charge in [0.15, 0.2) is 0 Å². The molecule has 5 heteroatoms. The first-order valence-corrected chi connectivity index (χ1v) is 7.92. The fraction of sp³-hybridized carbons (Fsp3) is 0.625. The summed E-state index contributed by atoms with van der Waals surface area (Å²) in [6, 6.07) is 7.44. The smallest absolute Gasteiger partial charge is 0.126 e. The molecule has 0 aliphatic heterocycles. The van der Waals surface area contributed by atoms with Crippen molar-refractivity contribution >= 4 is 11.6 Å². The number of benzene rings is 1. The van der Waals surface area contributed by atoms with Crippen LogP contribution in [0.15, 0.2) is 24.3 Å². The lowest BCUT2D eigenvalue weighted by molar-refractivity contribution is -0.0154. The van der Waals surface area contributed by atoms with Crippen molar-refractivity contribution in [3.05, 3.63) is 29.3 Å². The van der Waals surface area contributed by atoms with Gasteiger partial charge in [-0.25, -0.2) is 0 Å². The quantitative estimate of drug-likeness (QED) is 0.845. The first-order chi connectivity index (χ1) is 10.1. The minimum atomic E-state index is -0.486. The third kappa shape index (κ3) is 5.15. The second kappa shape index (κ2) is 7.99. The van der Waals surface area contributed by atoms with Gasteiger partial charge in [-0.05, 0) is 51.6 Å². The summed E-state index contributed by atoms with van der Waals surface area (Å²) in [6.45, 7) is 1.83. The van der Waals surface area contributed by atoms with Crippen LogP contribution in [0.1, 0.15) is 19.3 Å². The number of nitrogens with one attached hydrogen (secondary N) is 1. The molecular formula is C16H25ClN2O2. The Morgan fingerprint density at radius 1 is 1.38 bits per heavy atom. The van der Waals surface area contributed by atoms with E-state index in [1.165, 1.54) is 0 Å². The van der Waals surface area contributed by atoms with Gasteiger partial charge in [0, 0.05) is 24.2 Å². The zero-order valence-corrected chi connectivity index (χ0v) is 13.5. The summed E-state index contributed by atoms with van der Waals surface area (Å²) < 4.78 is 5.92. The Morgan fingerprint density at radius 2 is 2.19 bits per heavy atom. The molecule has 1 saturated carbocycles. The summed E-state index contributed by atoms with van der Waals surface area (Å²) >= 11 is 5.97. The third-order valence-electron chi connectivity index (χ3n) is 3.85. The molecule has 0 amide bonds. The van der Waals surface area contributed by atoms with Crippen molar-refractivity contribution in [2.75, 3.05) is 27.2 Å². The van der Waals surface area contributed by atoms with E-state index in [1.807, 2.05) is 32.3 Å². The van der Waals surface area contributed by atoms with Crippen molar-refractivity contribution in [2.45, 2.75) is 37.5 Å². The Bertz CT molecular complexity index is 442. The van der Waals surface area contributed by atoms with Gasteiger partial charge in [-0.2, -0.15) is 0 Å². The summed E-state index contributed by atoms with van der Waals surface area (Å²) in [4.78, 5) is 2.13. The molecule has 2 N–H and O–H groups in total. The fourth-order valence-electron chi connectivity index (χ4n) is 2.68. The molecule has 0 spiro atoms. The minimum absolute atomic E-state index is 0.0999. The third-order valence-corrected chi connectivity index (χ3v) is 4.08. The lowest BCUT2D eigenvalue weighted by Crippen LogP contribution is -2.52. The lowest BCUT2D eigenvalue weighted by Gasteiger charge is -2.35. The van der Waals surface area contributed by atoms with Crippen LogP contribution in [0.3, 0.4) is 0 Å². The summed E-state index contributed by atoms with van der Waals surface area (Å²) in [7, 11) is 4.09. The minimum Gasteiger partial charge on any atom is -0.488 e. The van der Waals surface area contributed by atoms with Gasteiger partial charge in [-0.1, -0.05) is 17.7 Å². The van der Waals surface area contributed by atoms with Crippen LogP contribution >= 0.6 is 11.6 Å². The number of aliphatic hydroxyl groups is 1. The highest BCUT2D eigenvalue weighted by molar-refractivity contribution is 6.30. The molecule has 4 nitrogen and oxygen atoms in total. The molecule has 0 unspecified atom stereocenters. The molecule has 3 atom stereocenters. The zero-order chi connectivity index (χ0) is 15.2. The van der Waals surface area contributed by atoms with E-state index in [9.17, 15) is 5.11 Å². The molecular weight excluding hydrogens is 288 g/mol. The Balaban J connectivity index is 1.88. The van der Waals surface area contributed by atoms with Gasteiger partial charge in [-0.3, -0.25) is 0 Å². The SMILES string of the molecule is CN(C)CCN[C@H]1CCC[C@@H](Oc2cccc(Cl)c2)[C@@H]1O. The maximum absolute atomic E-state index is 10.5. The van der Waals surface area contributed by atoms with Crippen LogP contribution < -0.4 is 10.1 Å². The van der Waals surface area contributed by atoms with Gasteiger partial charge >= 0.3 is 0 Å². The van der Waals surface area contributed by atoms with Crippen molar-refractivity contribution in [1.82, 2.24) is 10.2 Å². The van der Waals surface area contributed by atoms with E-state index in [0.717, 1.165) is 38.1 Å². The highest BCUT2D eigenvalue weighted by Crippen LogP contribution is 2.25. The van der Waals surface area contributed by atoms with E-state index >= 15 is 0 Å². The van der Waals surface area contributed by atoms with E-state index in [-0.39, 0.29) is 12.1 Å². The van der Waals surface area contributed by atoms with Crippen LogP contribution in [0, 0.1) is 0 Å². The zero-order valence-electron chi connectivity index (χ0n) is 12.8. The standard InChI is InChI=1S/C16H25ClN2O2/c1-19(2)10-9-18-14-7-4-8-15(16(14)20)21-13-6-3-5-12(17)11-13/h3,5-6,11,14-16,18,20H,4,7-10H2,1-2H3/t14-,15+,16+/m0/s1. The summed E-state index contributed by atoms with van der Waals surface area (Å²) in [6.07, 6.45) is 2.26. The fourth-order valence-corrected chi connectivity index (χ4v) is 2.86. The summed E-state index contributed by atoms with van der Waals surface area (Å²) in [5.74, 6) is 0.723. The molecule has 2 rings (SSSR count). The molecule has 1 fully saturated rings. The molecule has 1 aliphatic rings. The van der Waals surface area contributed by atoms with Gasteiger partial charge < -0.3 is 20.1 Å². The number of rotatable bonds is 6. The second-order valence-electron chi connectivity index (χ2n) is 5.90. The highest BCUT2D eigenvalue weighted by Gasteiger charge is 2.32. The molecule has 0 aromatic heterocycles. The topological polar surface area (TPSA) is 44.7 Å². The largest absolute Gasteiger partial charge is 0.488 e. The summed E-state index contributed by atoms with van der Waals surface area (Å²) in [5, 5.41) is 14.6. The Kier molecular flexibility index (Phi) is 6.30. The number of aliphatic hydroxyl groups excluding tert-OH is 1. The number of ether oxygens (including phenoxy) is 1. The molecule has 1 aromatic carbocycles. The maximum atomic E-state index is 10.5. The van der Waals surface area contributed by atoms with Crippen molar-refractivity contribution < 1.29 is 9.84 Å². The van der Waals surface area contributed by atoms with Crippen LogP contribution in [0.4, 0.5) is 0 Å². The van der Waals surface area contributed by atoms with E-state index in [1.54, 1.807) is 6.07 Å². The predicted molar refractivity (Wildman–Crippen MR) is 86.1 cm³/mol. The first-order valence-electron chi connectivity index (χ1n) is 7.54. The van der Waals surface area contributed by atoms with Gasteiger partial charge in [0.05, 0.1) is 0 Å². The normalized spacial score (nSPS) is 26.0. The number of hydrogen-bond acceptors (Lipinski definition) is 4. The van der Waals surface area contributed by atoms with Crippen LogP contribution in [0.25, 0.3) is 0 Å². The number of nitrogens with zero attached hydrogens (tertiary/aromatic N) is 1. The molecule has 0 radical (unpaired) electrons. The van der Waals surface area contributed by atoms with Crippen molar-refractivity contribution in [3.63, 3.8) is 0 Å². The highest BCUT2D eigenvalue weighted by atomic mass is 35.5. The number of halogens is 1. The molecule has 1 aromatic rings. The molecule has 118 valence electrons. The predicted octanol–water partition coefficient (Wildman–Crippen LogP) is 2.15. The average molecular weight is 313 g/mol. The van der Waals surface area contributed by atoms with Crippen molar-refractivity contribution in [2.24, 2.45) is 0 Å². The van der Waals surface area contributed by atoms with Crippen LogP contribution in [0.5, 0.6) is 5.75 Å². The van der Waals surface area contributed by atoms with Gasteiger partial charge in [0.1, 0.15) is 18.0 Å². The van der Waals surface area contributed by atoms with E-state index in [2.05, 4.69) is 10.2 Å². The second-order valence-corrected chi connectivity index (χ2v) is 6.34. The van der Waals surface area contributed by atoms with Crippen LogP contribution in [-0.4, -0.2) is 55.4 Å². The van der Waals surface area contributed by atoms with Crippen molar-refractivity contribution in [1.29, 1.82) is 0 Å². The first kappa shape index (κ1) is 16.6. The van der Waals surface area contributed by atoms with E-state index < -0.39 is 6.10 Å². The van der Waals surface area contributed by atoms with E-state index in [0.29, 0.717) is 5.02 Å². The van der Waals surface area contributed by atoms with Gasteiger partial charge in [-0.15, -0.1) is 0 Å². The maximum Gasteiger partial charge on any atom is 0.126 e. The van der Waals surface area contributed by atoms with Crippen LogP contribution in [-0.2, 0) is 0 Å². The average Bonchev–Trinajstić information content (AvgIpc) is 2.42. The molecule has 0 heterocycles. The number of hydrogen-bond donors (Lipinski definition) is 2. The van der Waals surface area contributed by atoms with Gasteiger partial charge in [0.2, 0.25) is 0 Å². The van der Waals surface area contributed by atoms with Crippen molar-refractivity contribution in [3.8, 4) is 5.75 Å². The lowest BCUT2D eigenvalue weighted by atomic mass is 9.90. The monoisotopic (exact) mass is 312 g/mol. The molecule has 1 aliphatic carbocycles. The molecule has 0 bridgehead atoms. The number of likely N-dealkylation sites (N-methyl/N-ethyl adjacent to an activating group) is 1. The Hall–Kier alpha value is -0.810.